The molecule has 0 bridgehead atoms. The summed E-state index contributed by atoms with van der Waals surface area (Å²) in [5.41, 5.74) is 3.75. The minimum absolute atomic E-state index is 0.111. The van der Waals surface area contributed by atoms with Crippen LogP contribution in [0.4, 0.5) is 19.0 Å². The number of hydrazone groups is 1. The van der Waals surface area contributed by atoms with E-state index >= 15 is 0 Å². The van der Waals surface area contributed by atoms with E-state index in [1.54, 1.807) is 0 Å². The van der Waals surface area contributed by atoms with Crippen molar-refractivity contribution in [3.8, 4) is 0 Å². The van der Waals surface area contributed by atoms with Gasteiger partial charge in [-0.2, -0.15) is 18.3 Å². The predicted molar refractivity (Wildman–Crippen MR) is 68.3 cm³/mol. The van der Waals surface area contributed by atoms with Crippen molar-refractivity contribution in [2.45, 2.75) is 25.9 Å². The number of anilines is 1. The van der Waals surface area contributed by atoms with Crippen LogP contribution in [0.25, 0.3) is 0 Å². The molecule has 0 aliphatic heterocycles. The van der Waals surface area contributed by atoms with E-state index in [4.69, 9.17) is 11.6 Å². The molecule has 19 heavy (non-hydrogen) atoms. The molecule has 1 aromatic heterocycles. The minimum atomic E-state index is -4.45. The van der Waals surface area contributed by atoms with E-state index in [-0.39, 0.29) is 10.8 Å². The molecule has 0 radical (unpaired) electrons. The van der Waals surface area contributed by atoms with Crippen LogP contribution in [0, 0.1) is 0 Å². The minimum Gasteiger partial charge on any atom is -0.260 e. The highest BCUT2D eigenvalue weighted by atomic mass is 35.5. The van der Waals surface area contributed by atoms with E-state index < -0.39 is 11.7 Å². The summed E-state index contributed by atoms with van der Waals surface area (Å²) in [6, 6.07) is 0.826. The number of allylic oxidation sites excluding steroid dienone is 2. The molecule has 0 saturated heterocycles. The molecule has 0 saturated carbocycles. The number of nitrogens with zero attached hydrogens (tertiary/aromatic N) is 2. The fourth-order valence-electron chi connectivity index (χ4n) is 1.64. The summed E-state index contributed by atoms with van der Waals surface area (Å²) < 4.78 is 37.3. The lowest BCUT2D eigenvalue weighted by Gasteiger charge is -2.08. The van der Waals surface area contributed by atoms with E-state index in [0.29, 0.717) is 0 Å². The lowest BCUT2D eigenvalue weighted by molar-refractivity contribution is -0.137. The van der Waals surface area contributed by atoms with Crippen LogP contribution in [-0.4, -0.2) is 10.7 Å². The van der Waals surface area contributed by atoms with E-state index in [0.717, 1.165) is 30.8 Å². The monoisotopic (exact) mass is 289 g/mol. The number of hydrogen-bond donors (Lipinski definition) is 1. The SMILES string of the molecule is CC1=C/C(=N/Nc2ncc(C(F)(F)F)cc2Cl)CC1. The Morgan fingerprint density at radius 1 is 1.37 bits per heavy atom. The van der Waals surface area contributed by atoms with Crippen molar-refractivity contribution in [1.29, 1.82) is 0 Å². The molecular weight excluding hydrogens is 279 g/mol. The maximum absolute atomic E-state index is 12.4. The first-order chi connectivity index (χ1) is 8.86. The van der Waals surface area contributed by atoms with Crippen molar-refractivity contribution >= 4 is 23.1 Å². The topological polar surface area (TPSA) is 37.3 Å². The Morgan fingerprint density at radius 3 is 2.63 bits per heavy atom. The zero-order valence-corrected chi connectivity index (χ0v) is 10.8. The molecule has 1 aliphatic carbocycles. The number of nitrogens with one attached hydrogen (secondary N) is 1. The highest BCUT2D eigenvalue weighted by Crippen LogP contribution is 2.32. The van der Waals surface area contributed by atoms with Crippen molar-refractivity contribution in [3.05, 3.63) is 34.5 Å². The van der Waals surface area contributed by atoms with E-state index in [1.165, 1.54) is 5.57 Å². The van der Waals surface area contributed by atoms with Gasteiger partial charge in [-0.05, 0) is 31.9 Å². The highest BCUT2D eigenvalue weighted by Gasteiger charge is 2.31. The third-order valence-corrected chi connectivity index (χ3v) is 2.95. The van der Waals surface area contributed by atoms with Gasteiger partial charge >= 0.3 is 6.18 Å². The third kappa shape index (κ3) is 3.47. The molecule has 102 valence electrons. The molecule has 3 nitrogen and oxygen atoms in total. The largest absolute Gasteiger partial charge is 0.417 e. The van der Waals surface area contributed by atoms with Crippen LogP contribution in [0.5, 0.6) is 0 Å². The first-order valence-corrected chi connectivity index (χ1v) is 5.96. The van der Waals surface area contributed by atoms with Gasteiger partial charge in [-0.1, -0.05) is 17.2 Å². The van der Waals surface area contributed by atoms with Gasteiger partial charge in [0.15, 0.2) is 5.82 Å². The number of pyridine rings is 1. The van der Waals surface area contributed by atoms with Crippen LogP contribution in [0.15, 0.2) is 29.0 Å². The summed E-state index contributed by atoms with van der Waals surface area (Å²) in [5.74, 6) is 0.111. The number of rotatable bonds is 2. The summed E-state index contributed by atoms with van der Waals surface area (Å²) in [4.78, 5) is 3.63. The smallest absolute Gasteiger partial charge is 0.260 e. The van der Waals surface area contributed by atoms with E-state index in [2.05, 4.69) is 15.5 Å². The van der Waals surface area contributed by atoms with Gasteiger partial charge in [0.2, 0.25) is 0 Å². The van der Waals surface area contributed by atoms with Crippen molar-refractivity contribution in [1.82, 2.24) is 4.98 Å². The summed E-state index contributed by atoms with van der Waals surface area (Å²) in [7, 11) is 0. The van der Waals surface area contributed by atoms with Crippen molar-refractivity contribution in [2.24, 2.45) is 5.10 Å². The molecule has 0 amide bonds. The van der Waals surface area contributed by atoms with Gasteiger partial charge in [0.05, 0.1) is 16.3 Å². The maximum atomic E-state index is 12.4. The van der Waals surface area contributed by atoms with Crippen molar-refractivity contribution in [3.63, 3.8) is 0 Å². The molecule has 1 aromatic rings. The Bertz CT molecular complexity index is 550. The average Bonchev–Trinajstić information content (AvgIpc) is 2.72. The highest BCUT2D eigenvalue weighted by molar-refractivity contribution is 6.33. The molecule has 0 unspecified atom stereocenters. The second kappa shape index (κ2) is 5.21. The Morgan fingerprint density at radius 2 is 2.11 bits per heavy atom. The van der Waals surface area contributed by atoms with Gasteiger partial charge in [-0.25, -0.2) is 4.98 Å². The number of aromatic nitrogens is 1. The lowest BCUT2D eigenvalue weighted by Crippen LogP contribution is -2.06. The molecule has 0 atom stereocenters. The molecule has 0 fully saturated rings. The second-order valence-electron chi connectivity index (χ2n) is 4.26. The van der Waals surface area contributed by atoms with Crippen LogP contribution < -0.4 is 5.43 Å². The lowest BCUT2D eigenvalue weighted by atomic mass is 10.3. The van der Waals surface area contributed by atoms with Gasteiger partial charge in [0.25, 0.3) is 0 Å². The fraction of sp³-hybridized carbons (Fsp3) is 0.333. The first kappa shape index (κ1) is 13.9. The number of alkyl halides is 3. The van der Waals surface area contributed by atoms with Crippen molar-refractivity contribution < 1.29 is 13.2 Å². The quantitative estimate of drug-likeness (QED) is 0.826. The third-order valence-electron chi connectivity index (χ3n) is 2.66. The predicted octanol–water partition coefficient (Wildman–Crippen LogP) is 4.26. The second-order valence-corrected chi connectivity index (χ2v) is 4.67. The van der Waals surface area contributed by atoms with E-state index in [1.807, 2.05) is 13.0 Å². The van der Waals surface area contributed by atoms with Crippen molar-refractivity contribution in [2.75, 3.05) is 5.43 Å². The molecule has 1 aliphatic rings. The standard InChI is InChI=1S/C12H11ClF3N3/c1-7-2-3-9(4-7)18-19-11-10(13)5-8(6-17-11)12(14,15)16/h4-6H,2-3H2,1H3,(H,17,19)/b18-9+. The van der Waals surface area contributed by atoms with Crippen LogP contribution in [0.3, 0.4) is 0 Å². The van der Waals surface area contributed by atoms with Gasteiger partial charge in [0.1, 0.15) is 0 Å². The average molecular weight is 290 g/mol. The number of halogens is 4. The van der Waals surface area contributed by atoms with E-state index in [9.17, 15) is 13.2 Å². The molecule has 0 aromatic carbocycles. The summed E-state index contributed by atoms with van der Waals surface area (Å²) in [5, 5.41) is 3.95. The fourth-order valence-corrected chi connectivity index (χ4v) is 1.85. The van der Waals surface area contributed by atoms with Crippen LogP contribution in [0.2, 0.25) is 5.02 Å². The molecule has 7 heteroatoms. The van der Waals surface area contributed by atoms with Gasteiger partial charge < -0.3 is 0 Å². The molecule has 1 heterocycles. The van der Waals surface area contributed by atoms with Crippen LogP contribution >= 0.6 is 11.6 Å². The Kier molecular flexibility index (Phi) is 3.80. The Hall–Kier alpha value is -1.56. The molecule has 2 rings (SSSR count). The van der Waals surface area contributed by atoms with Gasteiger partial charge in [-0.15, -0.1) is 0 Å². The molecule has 1 N–H and O–H groups in total. The summed E-state index contributed by atoms with van der Waals surface area (Å²) in [6.45, 7) is 1.99. The Labute approximate surface area is 113 Å². The zero-order chi connectivity index (χ0) is 14.0. The summed E-state index contributed by atoms with van der Waals surface area (Å²) in [6.07, 6.45) is -0.0622. The van der Waals surface area contributed by atoms with Gasteiger partial charge in [-0.3, -0.25) is 5.43 Å². The first-order valence-electron chi connectivity index (χ1n) is 5.59. The number of hydrogen-bond acceptors (Lipinski definition) is 3. The molecule has 0 spiro atoms. The molecular formula is C12H11ClF3N3. The maximum Gasteiger partial charge on any atom is 0.417 e. The van der Waals surface area contributed by atoms with Crippen LogP contribution in [-0.2, 0) is 6.18 Å². The van der Waals surface area contributed by atoms with Gasteiger partial charge in [0, 0.05) is 6.20 Å². The Balaban J connectivity index is 2.14. The normalized spacial score (nSPS) is 17.7. The zero-order valence-electron chi connectivity index (χ0n) is 10.1. The van der Waals surface area contributed by atoms with Crippen LogP contribution in [0.1, 0.15) is 25.3 Å². The summed E-state index contributed by atoms with van der Waals surface area (Å²) >= 11 is 5.74.